The molecular formula is C22H25N3O6. The van der Waals surface area contributed by atoms with Crippen LogP contribution >= 0.6 is 0 Å². The molecule has 1 aliphatic rings. The molecule has 0 radical (unpaired) electrons. The fraction of sp³-hybridized carbons (Fsp3) is 0.364. The fourth-order valence-corrected chi connectivity index (χ4v) is 3.45. The van der Waals surface area contributed by atoms with Gasteiger partial charge in [-0.15, -0.1) is 0 Å². The third-order valence-corrected chi connectivity index (χ3v) is 5.10. The van der Waals surface area contributed by atoms with Crippen molar-refractivity contribution in [3.63, 3.8) is 0 Å². The first kappa shape index (κ1) is 22.1. The molecule has 1 fully saturated rings. The zero-order valence-corrected chi connectivity index (χ0v) is 17.3. The van der Waals surface area contributed by atoms with Gasteiger partial charge in [0, 0.05) is 11.6 Å². The van der Waals surface area contributed by atoms with Gasteiger partial charge in [0.1, 0.15) is 17.2 Å². The van der Waals surface area contributed by atoms with Gasteiger partial charge in [-0.3, -0.25) is 19.7 Å². The van der Waals surface area contributed by atoms with Crippen LogP contribution in [0, 0.1) is 10.1 Å². The highest BCUT2D eigenvalue weighted by Crippen LogP contribution is 2.29. The number of benzene rings is 2. The Bertz CT molecular complexity index is 939. The number of ether oxygens (including phenoxy) is 2. The standard InChI is InChI=1S/C22H25N3O6/c1-30-18-11-12-19(20(13-18)25(28)29)24-21(26)14-31-17-9-7-15(8-10-17)22(27)23-16-5-3-2-4-6-16/h7-13,16H,2-6,14H2,1H3,(H,23,27)(H,24,26). The summed E-state index contributed by atoms with van der Waals surface area (Å²) in [4.78, 5) is 35.1. The quantitative estimate of drug-likeness (QED) is 0.490. The Hall–Kier alpha value is -3.62. The van der Waals surface area contributed by atoms with Crippen molar-refractivity contribution >= 4 is 23.2 Å². The van der Waals surface area contributed by atoms with Crippen LogP contribution in [0.1, 0.15) is 42.5 Å². The van der Waals surface area contributed by atoms with Gasteiger partial charge in [0.2, 0.25) is 0 Å². The minimum atomic E-state index is -0.601. The van der Waals surface area contributed by atoms with Crippen LogP contribution in [0.3, 0.4) is 0 Å². The van der Waals surface area contributed by atoms with Gasteiger partial charge >= 0.3 is 0 Å². The Morgan fingerprint density at radius 1 is 1.06 bits per heavy atom. The molecule has 0 atom stereocenters. The predicted molar refractivity (Wildman–Crippen MR) is 115 cm³/mol. The SMILES string of the molecule is COc1ccc(NC(=O)COc2ccc(C(=O)NC3CCCCC3)cc2)c([N+](=O)[O-])c1. The van der Waals surface area contributed by atoms with Gasteiger partial charge in [0.05, 0.1) is 18.1 Å². The number of nitrogens with one attached hydrogen (secondary N) is 2. The zero-order chi connectivity index (χ0) is 22.2. The van der Waals surface area contributed by atoms with E-state index in [0.29, 0.717) is 17.1 Å². The van der Waals surface area contributed by atoms with Crippen LogP contribution in [-0.4, -0.2) is 36.5 Å². The topological polar surface area (TPSA) is 120 Å². The number of hydrogen-bond acceptors (Lipinski definition) is 6. The van der Waals surface area contributed by atoms with Crippen molar-refractivity contribution in [2.75, 3.05) is 19.0 Å². The molecule has 1 aliphatic carbocycles. The lowest BCUT2D eigenvalue weighted by Gasteiger charge is -2.22. The average Bonchev–Trinajstić information content (AvgIpc) is 2.78. The molecule has 0 spiro atoms. The Balaban J connectivity index is 1.52. The molecular weight excluding hydrogens is 402 g/mol. The van der Waals surface area contributed by atoms with Gasteiger partial charge in [-0.05, 0) is 49.2 Å². The third-order valence-electron chi connectivity index (χ3n) is 5.10. The monoisotopic (exact) mass is 427 g/mol. The normalized spacial score (nSPS) is 13.8. The second kappa shape index (κ2) is 10.4. The number of amides is 2. The maximum atomic E-state index is 12.3. The van der Waals surface area contributed by atoms with Gasteiger partial charge in [-0.1, -0.05) is 19.3 Å². The third kappa shape index (κ3) is 6.18. The highest BCUT2D eigenvalue weighted by Gasteiger charge is 2.18. The number of nitro groups is 1. The van der Waals surface area contributed by atoms with Crippen LogP contribution in [0.25, 0.3) is 0 Å². The first-order valence-corrected chi connectivity index (χ1v) is 10.1. The van der Waals surface area contributed by atoms with Gasteiger partial charge in [-0.25, -0.2) is 0 Å². The van der Waals surface area contributed by atoms with Crippen molar-refractivity contribution in [1.29, 1.82) is 0 Å². The van der Waals surface area contributed by atoms with Gasteiger partial charge in [-0.2, -0.15) is 0 Å². The number of anilines is 1. The summed E-state index contributed by atoms with van der Waals surface area (Å²) < 4.78 is 10.4. The summed E-state index contributed by atoms with van der Waals surface area (Å²) in [5.74, 6) is 0.0533. The van der Waals surface area contributed by atoms with Crippen LogP contribution in [-0.2, 0) is 4.79 Å². The molecule has 0 saturated heterocycles. The maximum Gasteiger partial charge on any atom is 0.296 e. The molecule has 0 aliphatic heterocycles. The summed E-state index contributed by atoms with van der Waals surface area (Å²) in [5.41, 5.74) is 0.298. The van der Waals surface area contributed by atoms with E-state index < -0.39 is 10.8 Å². The van der Waals surface area contributed by atoms with Crippen LogP contribution in [0.2, 0.25) is 0 Å². The van der Waals surface area contributed by atoms with Crippen molar-refractivity contribution in [2.45, 2.75) is 38.1 Å². The summed E-state index contributed by atoms with van der Waals surface area (Å²) >= 11 is 0. The van der Waals surface area contributed by atoms with Crippen LogP contribution in [0.15, 0.2) is 42.5 Å². The molecule has 0 bridgehead atoms. The first-order chi connectivity index (χ1) is 15.0. The Labute approximate surface area is 179 Å². The molecule has 1 saturated carbocycles. The fourth-order valence-electron chi connectivity index (χ4n) is 3.45. The lowest BCUT2D eigenvalue weighted by Crippen LogP contribution is -2.36. The first-order valence-electron chi connectivity index (χ1n) is 10.1. The molecule has 2 aromatic carbocycles. The van der Waals surface area contributed by atoms with E-state index >= 15 is 0 Å². The second-order valence-electron chi connectivity index (χ2n) is 7.31. The van der Waals surface area contributed by atoms with Crippen molar-refractivity contribution < 1.29 is 24.0 Å². The van der Waals surface area contributed by atoms with E-state index in [9.17, 15) is 19.7 Å². The number of rotatable bonds is 8. The van der Waals surface area contributed by atoms with Crippen molar-refractivity contribution in [3.05, 3.63) is 58.1 Å². The highest BCUT2D eigenvalue weighted by molar-refractivity contribution is 5.95. The lowest BCUT2D eigenvalue weighted by molar-refractivity contribution is -0.384. The van der Waals surface area contributed by atoms with Crippen molar-refractivity contribution in [1.82, 2.24) is 5.32 Å². The van der Waals surface area contributed by atoms with E-state index in [0.717, 1.165) is 25.7 Å². The molecule has 0 unspecified atom stereocenters. The molecule has 9 heteroatoms. The Kier molecular flexibility index (Phi) is 7.42. The smallest absolute Gasteiger partial charge is 0.296 e. The largest absolute Gasteiger partial charge is 0.496 e. The summed E-state index contributed by atoms with van der Waals surface area (Å²) in [5, 5.41) is 16.7. The lowest BCUT2D eigenvalue weighted by atomic mass is 9.95. The van der Waals surface area contributed by atoms with E-state index in [2.05, 4.69) is 10.6 Å². The number of hydrogen-bond donors (Lipinski definition) is 2. The highest BCUT2D eigenvalue weighted by atomic mass is 16.6. The molecule has 164 valence electrons. The van der Waals surface area contributed by atoms with E-state index in [4.69, 9.17) is 9.47 Å². The summed E-state index contributed by atoms with van der Waals surface area (Å²) in [6.45, 7) is -0.337. The molecule has 2 aromatic rings. The summed E-state index contributed by atoms with van der Waals surface area (Å²) in [6.07, 6.45) is 5.51. The average molecular weight is 427 g/mol. The Morgan fingerprint density at radius 2 is 1.74 bits per heavy atom. The van der Waals surface area contributed by atoms with Gasteiger partial charge < -0.3 is 20.1 Å². The van der Waals surface area contributed by atoms with Crippen molar-refractivity contribution in [3.8, 4) is 11.5 Å². The van der Waals surface area contributed by atoms with Crippen molar-refractivity contribution in [2.24, 2.45) is 0 Å². The molecule has 9 nitrogen and oxygen atoms in total. The molecule has 2 amide bonds. The number of carbonyl (C=O) groups is 2. The number of carbonyl (C=O) groups excluding carboxylic acids is 2. The summed E-state index contributed by atoms with van der Waals surface area (Å²) in [7, 11) is 1.40. The number of nitro benzene ring substituents is 1. The van der Waals surface area contributed by atoms with Crippen LogP contribution in [0.5, 0.6) is 11.5 Å². The summed E-state index contributed by atoms with van der Waals surface area (Å²) in [6, 6.07) is 10.9. The van der Waals surface area contributed by atoms with Gasteiger partial charge in [0.25, 0.3) is 17.5 Å². The zero-order valence-electron chi connectivity index (χ0n) is 17.3. The molecule has 2 N–H and O–H groups in total. The van der Waals surface area contributed by atoms with Gasteiger partial charge in [0.15, 0.2) is 6.61 Å². The minimum Gasteiger partial charge on any atom is -0.496 e. The van der Waals surface area contributed by atoms with Crippen LogP contribution in [0.4, 0.5) is 11.4 Å². The predicted octanol–water partition coefficient (Wildman–Crippen LogP) is 3.68. The van der Waals surface area contributed by atoms with Crippen LogP contribution < -0.4 is 20.1 Å². The molecule has 0 heterocycles. The molecule has 31 heavy (non-hydrogen) atoms. The van der Waals surface area contributed by atoms with E-state index in [1.54, 1.807) is 24.3 Å². The van der Waals surface area contributed by atoms with E-state index in [1.807, 2.05) is 0 Å². The van der Waals surface area contributed by atoms with E-state index in [-0.39, 0.29) is 29.9 Å². The Morgan fingerprint density at radius 3 is 2.39 bits per heavy atom. The molecule has 0 aromatic heterocycles. The number of nitrogens with zero attached hydrogens (tertiary/aromatic N) is 1. The molecule has 3 rings (SSSR count). The minimum absolute atomic E-state index is 0.0501. The number of methoxy groups -OCH3 is 1. The van der Waals surface area contributed by atoms with E-state index in [1.165, 1.54) is 31.7 Å². The second-order valence-corrected chi connectivity index (χ2v) is 7.31. The maximum absolute atomic E-state index is 12.3.